The topological polar surface area (TPSA) is 52.2 Å². The highest BCUT2D eigenvalue weighted by Gasteiger charge is 2.04. The number of rotatable bonds is 3. The maximum Gasteiger partial charge on any atom is 0.0487 e. The molecule has 0 heterocycles. The molecule has 3 nitrogen and oxygen atoms in total. The lowest BCUT2D eigenvalue weighted by Crippen LogP contribution is -2.05. The highest BCUT2D eigenvalue weighted by atomic mass is 32.2. The molecule has 1 rings (SSSR count). The molecule has 4 heteroatoms. The van der Waals surface area contributed by atoms with Crippen LogP contribution >= 0.6 is 0 Å². The summed E-state index contributed by atoms with van der Waals surface area (Å²) in [5.74, 6) is 0.312. The van der Waals surface area contributed by atoms with Gasteiger partial charge in [0.15, 0.2) is 0 Å². The highest BCUT2D eigenvalue weighted by molar-refractivity contribution is 7.80. The molecule has 1 unspecified atom stereocenters. The molecule has 0 aliphatic rings. The lowest BCUT2D eigenvalue weighted by molar-refractivity contribution is 0.542. The molecule has 0 bridgehead atoms. The average Bonchev–Trinajstić information content (AvgIpc) is 2.03. The third kappa shape index (κ3) is 2.82. The Kier molecular flexibility index (Phi) is 3.45. The van der Waals surface area contributed by atoms with Gasteiger partial charge in [0.1, 0.15) is 0 Å². The van der Waals surface area contributed by atoms with Gasteiger partial charge < -0.3 is 9.27 Å². The maximum atomic E-state index is 10.4. The molecule has 1 atom stereocenters. The second kappa shape index (κ2) is 4.39. The Bertz CT molecular complexity index is 312. The Morgan fingerprint density at radius 3 is 2.54 bits per heavy atom. The predicted octanol–water partition coefficient (Wildman–Crippen LogP) is 2.02. The van der Waals surface area contributed by atoms with Crippen LogP contribution in [0.1, 0.15) is 25.3 Å². The fraction of sp³-hybridized carbons (Fsp3) is 0.333. The molecule has 1 N–H and O–H groups in total. The van der Waals surface area contributed by atoms with Gasteiger partial charge in [-0.05, 0) is 17.5 Å². The standard InChI is InChI=1S/C9H13NO2S/c1-7(2)8-5-3-4-6-9(8)10-13(11)12/h3-7,10H,1-2H3,(H,11,12)/p-1. The molecule has 0 saturated carbocycles. The number of benzene rings is 1. The number of anilines is 1. The van der Waals surface area contributed by atoms with Crippen molar-refractivity contribution >= 4 is 17.0 Å². The summed E-state index contributed by atoms with van der Waals surface area (Å²) in [6.07, 6.45) is 0. The van der Waals surface area contributed by atoms with Crippen LogP contribution in [0, 0.1) is 0 Å². The van der Waals surface area contributed by atoms with Gasteiger partial charge in [0.2, 0.25) is 0 Å². The molecule has 0 amide bonds. The van der Waals surface area contributed by atoms with Gasteiger partial charge in [-0.25, -0.2) is 0 Å². The summed E-state index contributed by atoms with van der Waals surface area (Å²) >= 11 is -2.24. The summed E-state index contributed by atoms with van der Waals surface area (Å²) in [7, 11) is 0. The molecule has 1 aromatic carbocycles. The third-order valence-electron chi connectivity index (χ3n) is 1.78. The van der Waals surface area contributed by atoms with Gasteiger partial charge in [0.25, 0.3) is 0 Å². The van der Waals surface area contributed by atoms with Crippen molar-refractivity contribution < 1.29 is 8.76 Å². The second-order valence-electron chi connectivity index (χ2n) is 3.08. The zero-order chi connectivity index (χ0) is 9.84. The lowest BCUT2D eigenvalue weighted by Gasteiger charge is -2.15. The molecule has 0 aromatic heterocycles. The van der Waals surface area contributed by atoms with Crippen molar-refractivity contribution in [1.29, 1.82) is 0 Å². The van der Waals surface area contributed by atoms with Crippen LogP contribution in [0.2, 0.25) is 0 Å². The molecule has 1 aromatic rings. The summed E-state index contributed by atoms with van der Waals surface area (Å²) < 4.78 is 23.2. The van der Waals surface area contributed by atoms with E-state index in [0.717, 1.165) is 5.56 Å². The lowest BCUT2D eigenvalue weighted by atomic mass is 10.0. The van der Waals surface area contributed by atoms with Crippen LogP contribution in [-0.4, -0.2) is 8.76 Å². The Hall–Kier alpha value is -0.870. The molecular weight excluding hydrogens is 186 g/mol. The van der Waals surface area contributed by atoms with E-state index >= 15 is 0 Å². The van der Waals surface area contributed by atoms with Crippen molar-refractivity contribution in [3.05, 3.63) is 29.8 Å². The molecule has 0 aliphatic carbocycles. The van der Waals surface area contributed by atoms with Gasteiger partial charge in [-0.15, -0.1) is 0 Å². The van der Waals surface area contributed by atoms with Gasteiger partial charge in [-0.3, -0.25) is 4.21 Å². The Morgan fingerprint density at radius 1 is 1.38 bits per heavy atom. The average molecular weight is 198 g/mol. The van der Waals surface area contributed by atoms with Gasteiger partial charge in [-0.2, -0.15) is 0 Å². The minimum Gasteiger partial charge on any atom is -0.755 e. The molecule has 0 spiro atoms. The monoisotopic (exact) mass is 198 g/mol. The minimum atomic E-state index is -2.24. The first-order chi connectivity index (χ1) is 6.11. The van der Waals surface area contributed by atoms with Crippen molar-refractivity contribution in [1.82, 2.24) is 0 Å². The normalized spacial score (nSPS) is 12.9. The zero-order valence-corrected chi connectivity index (χ0v) is 8.43. The third-order valence-corrected chi connectivity index (χ3v) is 2.16. The molecule has 72 valence electrons. The summed E-state index contributed by atoms with van der Waals surface area (Å²) in [5, 5.41) is 0. The summed E-state index contributed by atoms with van der Waals surface area (Å²) in [4.78, 5) is 0. The van der Waals surface area contributed by atoms with E-state index in [1.165, 1.54) is 0 Å². The predicted molar refractivity (Wildman–Crippen MR) is 53.1 cm³/mol. The minimum absolute atomic E-state index is 0.312. The van der Waals surface area contributed by atoms with Crippen LogP contribution in [0.4, 0.5) is 5.69 Å². The molecule has 0 fully saturated rings. The SMILES string of the molecule is CC(C)c1ccccc1NS(=O)[O-]. The van der Waals surface area contributed by atoms with Crippen LogP contribution in [-0.2, 0) is 11.3 Å². The quantitative estimate of drug-likeness (QED) is 0.755. The van der Waals surface area contributed by atoms with Gasteiger partial charge in [-0.1, -0.05) is 32.0 Å². The first-order valence-corrected chi connectivity index (χ1v) is 5.13. The van der Waals surface area contributed by atoms with Gasteiger partial charge in [0, 0.05) is 17.0 Å². The highest BCUT2D eigenvalue weighted by Crippen LogP contribution is 2.23. The van der Waals surface area contributed by atoms with Crippen LogP contribution in [0.3, 0.4) is 0 Å². The van der Waals surface area contributed by atoms with E-state index in [9.17, 15) is 8.76 Å². The van der Waals surface area contributed by atoms with Crippen LogP contribution in [0.5, 0.6) is 0 Å². The molecule has 13 heavy (non-hydrogen) atoms. The Morgan fingerprint density at radius 2 is 2.00 bits per heavy atom. The van der Waals surface area contributed by atoms with Crippen LogP contribution < -0.4 is 4.72 Å². The molecule has 0 saturated heterocycles. The smallest absolute Gasteiger partial charge is 0.0487 e. The van der Waals surface area contributed by atoms with Crippen molar-refractivity contribution in [2.45, 2.75) is 19.8 Å². The van der Waals surface area contributed by atoms with Crippen molar-refractivity contribution in [2.24, 2.45) is 0 Å². The molecular formula is C9H12NO2S-. The number of hydrogen-bond donors (Lipinski definition) is 1. The van der Waals surface area contributed by atoms with E-state index in [1.807, 2.05) is 26.0 Å². The second-order valence-corrected chi connectivity index (χ2v) is 3.75. The van der Waals surface area contributed by atoms with E-state index in [2.05, 4.69) is 4.72 Å². The van der Waals surface area contributed by atoms with E-state index in [0.29, 0.717) is 11.6 Å². The van der Waals surface area contributed by atoms with Crippen LogP contribution in [0.25, 0.3) is 0 Å². The fourth-order valence-corrected chi connectivity index (χ4v) is 1.55. The number of hydrogen-bond acceptors (Lipinski definition) is 2. The first kappa shape index (κ1) is 10.2. The summed E-state index contributed by atoms with van der Waals surface area (Å²) in [6.45, 7) is 4.04. The number of para-hydroxylation sites is 1. The first-order valence-electron chi connectivity index (χ1n) is 4.06. The zero-order valence-electron chi connectivity index (χ0n) is 7.61. The van der Waals surface area contributed by atoms with Gasteiger partial charge >= 0.3 is 0 Å². The van der Waals surface area contributed by atoms with E-state index < -0.39 is 11.3 Å². The maximum absolute atomic E-state index is 10.4. The number of nitrogens with one attached hydrogen (secondary N) is 1. The Labute approximate surface area is 80.6 Å². The molecule has 0 radical (unpaired) electrons. The van der Waals surface area contributed by atoms with Crippen molar-refractivity contribution in [3.63, 3.8) is 0 Å². The Balaban J connectivity index is 2.97. The van der Waals surface area contributed by atoms with E-state index in [1.54, 1.807) is 12.1 Å². The van der Waals surface area contributed by atoms with E-state index in [-0.39, 0.29) is 0 Å². The van der Waals surface area contributed by atoms with Gasteiger partial charge in [0.05, 0.1) is 0 Å². The fourth-order valence-electron chi connectivity index (χ4n) is 1.18. The van der Waals surface area contributed by atoms with Crippen molar-refractivity contribution in [3.8, 4) is 0 Å². The summed E-state index contributed by atoms with van der Waals surface area (Å²) in [6, 6.07) is 7.38. The summed E-state index contributed by atoms with van der Waals surface area (Å²) in [5.41, 5.74) is 1.66. The van der Waals surface area contributed by atoms with E-state index in [4.69, 9.17) is 0 Å². The molecule has 0 aliphatic heterocycles. The van der Waals surface area contributed by atoms with Crippen molar-refractivity contribution in [2.75, 3.05) is 4.72 Å². The van der Waals surface area contributed by atoms with Crippen LogP contribution in [0.15, 0.2) is 24.3 Å². The largest absolute Gasteiger partial charge is 0.755 e.